The summed E-state index contributed by atoms with van der Waals surface area (Å²) in [6, 6.07) is 31.6. The molecule has 218 valence electrons. The van der Waals surface area contributed by atoms with Crippen LogP contribution in [0, 0.1) is 0 Å². The van der Waals surface area contributed by atoms with Crippen LogP contribution in [0.1, 0.15) is 34.7 Å². The van der Waals surface area contributed by atoms with Gasteiger partial charge in [-0.15, -0.1) is 6.58 Å². The van der Waals surface area contributed by atoms with Gasteiger partial charge >= 0.3 is 0 Å². The summed E-state index contributed by atoms with van der Waals surface area (Å²) in [7, 11) is 0. The van der Waals surface area contributed by atoms with E-state index in [1.807, 2.05) is 116 Å². The van der Waals surface area contributed by atoms with Gasteiger partial charge in [-0.25, -0.2) is 0 Å². The monoisotopic (exact) mass is 608 g/mol. The number of hydrogen-bond donors (Lipinski definition) is 0. The largest absolute Gasteiger partial charge is 0.490 e. The highest BCUT2D eigenvalue weighted by atomic mass is 35.5. The maximum absolute atomic E-state index is 13.8. The first-order chi connectivity index (χ1) is 21.0. The summed E-state index contributed by atoms with van der Waals surface area (Å²) in [6.45, 7) is 7.66. The van der Waals surface area contributed by atoms with E-state index >= 15 is 0 Å². The second-order valence-corrected chi connectivity index (χ2v) is 11.4. The molecule has 0 unspecified atom stereocenters. The lowest BCUT2D eigenvalue weighted by atomic mass is 10.0. The Balaban J connectivity index is 1.46. The fraction of sp³-hybridized carbons (Fsp3) is 0.167. The number of allylic oxidation sites excluding steroid dienone is 1. The molecule has 0 bridgehead atoms. The summed E-state index contributed by atoms with van der Waals surface area (Å²) >= 11 is 7.45. The number of carbonyl (C=O) groups is 1. The summed E-state index contributed by atoms with van der Waals surface area (Å²) in [4.78, 5) is 21.0. The van der Waals surface area contributed by atoms with E-state index in [0.29, 0.717) is 59.3 Å². The lowest BCUT2D eigenvalue weighted by Crippen LogP contribution is -2.28. The number of carbonyl (C=O) groups excluding carboxylic acids is 1. The second-order valence-electron chi connectivity index (χ2n) is 9.92. The van der Waals surface area contributed by atoms with Gasteiger partial charge in [0.15, 0.2) is 16.7 Å². The molecule has 1 fully saturated rings. The quantitative estimate of drug-likeness (QED) is 0.119. The van der Waals surface area contributed by atoms with Crippen molar-refractivity contribution in [3.05, 3.63) is 147 Å². The van der Waals surface area contributed by atoms with E-state index < -0.39 is 0 Å². The van der Waals surface area contributed by atoms with Crippen LogP contribution in [0.25, 0.3) is 6.08 Å². The van der Waals surface area contributed by atoms with Crippen LogP contribution in [0.3, 0.4) is 0 Å². The average molecular weight is 609 g/mol. The molecule has 0 aromatic heterocycles. The summed E-state index contributed by atoms with van der Waals surface area (Å²) in [5.74, 6) is 1.21. The van der Waals surface area contributed by atoms with Gasteiger partial charge in [-0.3, -0.25) is 14.7 Å². The Morgan fingerprint density at radius 3 is 2.28 bits per heavy atom. The third kappa shape index (κ3) is 7.98. The van der Waals surface area contributed by atoms with Crippen molar-refractivity contribution in [2.24, 2.45) is 4.99 Å². The van der Waals surface area contributed by atoms with Gasteiger partial charge in [0.2, 0.25) is 0 Å². The molecule has 4 aromatic rings. The lowest BCUT2D eigenvalue weighted by molar-refractivity contribution is -0.122. The van der Waals surface area contributed by atoms with Crippen molar-refractivity contribution in [3.8, 4) is 11.5 Å². The van der Waals surface area contributed by atoms with Gasteiger partial charge in [0.25, 0.3) is 5.91 Å². The molecule has 0 atom stereocenters. The van der Waals surface area contributed by atoms with Gasteiger partial charge in [-0.2, -0.15) is 0 Å². The zero-order chi connectivity index (χ0) is 30.0. The average Bonchev–Trinajstić information content (AvgIpc) is 3.31. The maximum Gasteiger partial charge on any atom is 0.267 e. The van der Waals surface area contributed by atoms with E-state index in [1.165, 1.54) is 11.8 Å². The Morgan fingerprint density at radius 2 is 1.60 bits per heavy atom. The first kappa shape index (κ1) is 30.2. The molecule has 5 rings (SSSR count). The number of ether oxygens (including phenoxy) is 2. The van der Waals surface area contributed by atoms with E-state index in [9.17, 15) is 4.79 Å². The van der Waals surface area contributed by atoms with Crippen LogP contribution in [0.5, 0.6) is 11.5 Å². The second kappa shape index (κ2) is 14.8. The lowest BCUT2D eigenvalue weighted by Gasteiger charge is -2.17. The van der Waals surface area contributed by atoms with Crippen molar-refractivity contribution in [1.29, 1.82) is 0 Å². The molecule has 0 N–H and O–H groups in total. The molecule has 0 spiro atoms. The van der Waals surface area contributed by atoms with E-state index in [0.717, 1.165) is 27.8 Å². The fourth-order valence-corrected chi connectivity index (χ4v) is 5.76. The van der Waals surface area contributed by atoms with Gasteiger partial charge in [0.05, 0.1) is 24.6 Å². The predicted molar refractivity (Wildman–Crippen MR) is 177 cm³/mol. The van der Waals surface area contributed by atoms with Crippen LogP contribution in [0.4, 0.5) is 0 Å². The topological polar surface area (TPSA) is 51.1 Å². The van der Waals surface area contributed by atoms with Crippen LogP contribution in [-0.2, 0) is 30.9 Å². The zero-order valence-corrected chi connectivity index (χ0v) is 25.6. The predicted octanol–water partition coefficient (Wildman–Crippen LogP) is 8.72. The molecule has 1 heterocycles. The van der Waals surface area contributed by atoms with Crippen molar-refractivity contribution in [2.75, 3.05) is 6.61 Å². The van der Waals surface area contributed by atoms with Crippen LogP contribution in [0.15, 0.2) is 120 Å². The number of benzene rings is 4. The van der Waals surface area contributed by atoms with E-state index in [1.54, 1.807) is 4.90 Å². The minimum Gasteiger partial charge on any atom is -0.490 e. The smallest absolute Gasteiger partial charge is 0.267 e. The molecule has 1 amide bonds. The molecular weight excluding hydrogens is 576 g/mol. The molecule has 0 radical (unpaired) electrons. The third-order valence-electron chi connectivity index (χ3n) is 6.72. The van der Waals surface area contributed by atoms with Gasteiger partial charge in [-0.1, -0.05) is 90.5 Å². The van der Waals surface area contributed by atoms with Crippen LogP contribution in [-0.4, -0.2) is 22.6 Å². The Hall–Kier alpha value is -4.26. The summed E-state index contributed by atoms with van der Waals surface area (Å²) < 4.78 is 12.3. The standard InChI is InChI=1S/C36H33ClN2O3S/c1-3-11-30-20-29(21-32(41-4-2)34(30)42-25-28-16-18-31(37)19-17-28)22-33-35(40)39(24-27-14-9-6-10-15-27)36(43-33)38-23-26-12-7-5-8-13-26/h3,5-10,12-22H,1,4,11,23-25H2,2H3/b33-22+,38-36?. The Bertz CT molecular complexity index is 1620. The maximum atomic E-state index is 13.8. The molecule has 0 saturated carbocycles. The van der Waals surface area contributed by atoms with E-state index in [-0.39, 0.29) is 5.91 Å². The van der Waals surface area contributed by atoms with Crippen molar-refractivity contribution in [2.45, 2.75) is 33.0 Å². The van der Waals surface area contributed by atoms with Crippen LogP contribution < -0.4 is 9.47 Å². The van der Waals surface area contributed by atoms with Gasteiger partial charge in [0, 0.05) is 10.6 Å². The van der Waals surface area contributed by atoms with Gasteiger partial charge in [0.1, 0.15) is 6.61 Å². The highest BCUT2D eigenvalue weighted by Crippen LogP contribution is 2.38. The molecule has 0 aliphatic carbocycles. The Labute approximate surface area is 262 Å². The minimum absolute atomic E-state index is 0.0769. The molecule has 1 aliphatic heterocycles. The van der Waals surface area contributed by atoms with Crippen molar-refractivity contribution in [1.82, 2.24) is 4.90 Å². The van der Waals surface area contributed by atoms with Crippen LogP contribution in [0.2, 0.25) is 5.02 Å². The van der Waals surface area contributed by atoms with E-state index in [4.69, 9.17) is 26.1 Å². The number of hydrogen-bond acceptors (Lipinski definition) is 5. The zero-order valence-electron chi connectivity index (χ0n) is 24.0. The SMILES string of the molecule is C=CCc1cc(/C=C2/SC(=NCc3ccccc3)N(Cc3ccccc3)C2=O)cc(OCC)c1OCc1ccc(Cl)cc1. The first-order valence-electron chi connectivity index (χ1n) is 14.2. The van der Waals surface area contributed by atoms with E-state index in [2.05, 4.69) is 6.58 Å². The highest BCUT2D eigenvalue weighted by Gasteiger charge is 2.33. The van der Waals surface area contributed by atoms with Crippen molar-refractivity contribution < 1.29 is 14.3 Å². The fourth-order valence-electron chi connectivity index (χ4n) is 4.66. The molecule has 1 aliphatic rings. The molecule has 4 aromatic carbocycles. The molecule has 1 saturated heterocycles. The Morgan fingerprint density at radius 1 is 0.907 bits per heavy atom. The minimum atomic E-state index is -0.0769. The first-order valence-corrected chi connectivity index (χ1v) is 15.3. The molecular formula is C36H33ClN2O3S. The number of aliphatic imine (C=N–C) groups is 1. The number of amidine groups is 1. The number of halogens is 1. The number of nitrogens with zero attached hydrogens (tertiary/aromatic N) is 2. The van der Waals surface area contributed by atoms with Gasteiger partial charge < -0.3 is 9.47 Å². The highest BCUT2D eigenvalue weighted by molar-refractivity contribution is 8.18. The molecule has 43 heavy (non-hydrogen) atoms. The summed E-state index contributed by atoms with van der Waals surface area (Å²) in [5.41, 5.74) is 4.90. The third-order valence-corrected chi connectivity index (χ3v) is 8.02. The Kier molecular flexibility index (Phi) is 10.4. The summed E-state index contributed by atoms with van der Waals surface area (Å²) in [6.07, 6.45) is 4.33. The molecule has 7 heteroatoms. The van der Waals surface area contributed by atoms with Crippen LogP contribution >= 0.6 is 23.4 Å². The number of amides is 1. The van der Waals surface area contributed by atoms with Crippen molar-refractivity contribution >= 4 is 40.5 Å². The molecule has 5 nitrogen and oxygen atoms in total. The summed E-state index contributed by atoms with van der Waals surface area (Å²) in [5, 5.41) is 1.36. The normalized spacial score (nSPS) is 14.8. The number of rotatable bonds is 12. The number of thioether (sulfide) groups is 1. The van der Waals surface area contributed by atoms with Crippen molar-refractivity contribution in [3.63, 3.8) is 0 Å². The van der Waals surface area contributed by atoms with Gasteiger partial charge in [-0.05, 0) is 77.7 Å².